The summed E-state index contributed by atoms with van der Waals surface area (Å²) in [6, 6.07) is 1.94. The predicted octanol–water partition coefficient (Wildman–Crippen LogP) is 1.33. The van der Waals surface area contributed by atoms with Gasteiger partial charge in [0.2, 0.25) is 5.91 Å². The highest BCUT2D eigenvalue weighted by Crippen LogP contribution is 2.23. The first-order valence-corrected chi connectivity index (χ1v) is 8.17. The first-order chi connectivity index (χ1) is 10.6. The van der Waals surface area contributed by atoms with Gasteiger partial charge < -0.3 is 15.5 Å². The lowest BCUT2D eigenvalue weighted by Crippen LogP contribution is -2.45. The number of nitrogens with two attached hydrogens (primary N) is 1. The summed E-state index contributed by atoms with van der Waals surface area (Å²) in [6.45, 7) is 9.56. The molecule has 6 nitrogen and oxygen atoms in total. The topological polar surface area (TPSA) is 75.4 Å². The number of hydrogen-bond acceptors (Lipinski definition) is 5. The SMILES string of the molecule is CCN(CC)C(=O)[C@@H]1CCCN(c2cc(CN)nc(C)n2)C1. The van der Waals surface area contributed by atoms with Gasteiger partial charge in [0.15, 0.2) is 0 Å². The monoisotopic (exact) mass is 305 g/mol. The molecule has 2 N–H and O–H groups in total. The van der Waals surface area contributed by atoms with Gasteiger partial charge in [-0.25, -0.2) is 9.97 Å². The molecular formula is C16H27N5O. The Balaban J connectivity index is 2.13. The van der Waals surface area contributed by atoms with Gasteiger partial charge in [0.1, 0.15) is 11.6 Å². The van der Waals surface area contributed by atoms with Crippen molar-refractivity contribution in [1.82, 2.24) is 14.9 Å². The number of carbonyl (C=O) groups excluding carboxylic acids is 1. The van der Waals surface area contributed by atoms with Gasteiger partial charge in [-0.3, -0.25) is 4.79 Å². The molecule has 0 aromatic carbocycles. The van der Waals surface area contributed by atoms with E-state index < -0.39 is 0 Å². The van der Waals surface area contributed by atoms with Crippen LogP contribution in [0.4, 0.5) is 5.82 Å². The maximum absolute atomic E-state index is 12.6. The molecule has 0 bridgehead atoms. The molecule has 0 unspecified atom stereocenters. The van der Waals surface area contributed by atoms with Crippen molar-refractivity contribution in [3.05, 3.63) is 17.6 Å². The second-order valence-corrected chi connectivity index (χ2v) is 5.76. The number of anilines is 1. The van der Waals surface area contributed by atoms with Gasteiger partial charge >= 0.3 is 0 Å². The molecule has 6 heteroatoms. The summed E-state index contributed by atoms with van der Waals surface area (Å²) in [5.74, 6) is 1.95. The van der Waals surface area contributed by atoms with Crippen LogP contribution >= 0.6 is 0 Å². The molecule has 1 aromatic rings. The Kier molecular flexibility index (Phi) is 5.71. The van der Waals surface area contributed by atoms with E-state index in [-0.39, 0.29) is 11.8 Å². The van der Waals surface area contributed by atoms with Crippen LogP contribution in [0.2, 0.25) is 0 Å². The summed E-state index contributed by atoms with van der Waals surface area (Å²) >= 11 is 0. The van der Waals surface area contributed by atoms with Crippen LogP contribution in [0.15, 0.2) is 6.07 Å². The first-order valence-electron chi connectivity index (χ1n) is 8.17. The van der Waals surface area contributed by atoms with Crippen molar-refractivity contribution in [2.45, 2.75) is 40.2 Å². The van der Waals surface area contributed by atoms with E-state index in [1.165, 1.54) is 0 Å². The van der Waals surface area contributed by atoms with Crippen LogP contribution in [-0.4, -0.2) is 47.0 Å². The largest absolute Gasteiger partial charge is 0.356 e. The highest BCUT2D eigenvalue weighted by molar-refractivity contribution is 5.79. The minimum atomic E-state index is 0.0604. The molecule has 1 aliphatic rings. The molecule has 2 heterocycles. The van der Waals surface area contributed by atoms with E-state index in [9.17, 15) is 4.79 Å². The Morgan fingerprint density at radius 3 is 2.77 bits per heavy atom. The molecule has 122 valence electrons. The minimum absolute atomic E-state index is 0.0604. The second-order valence-electron chi connectivity index (χ2n) is 5.76. The van der Waals surface area contributed by atoms with E-state index in [0.717, 1.165) is 56.4 Å². The number of carbonyl (C=O) groups is 1. The lowest BCUT2D eigenvalue weighted by atomic mass is 9.96. The first kappa shape index (κ1) is 16.7. The van der Waals surface area contributed by atoms with E-state index in [4.69, 9.17) is 5.73 Å². The van der Waals surface area contributed by atoms with E-state index in [1.54, 1.807) is 0 Å². The quantitative estimate of drug-likeness (QED) is 0.888. The smallest absolute Gasteiger partial charge is 0.227 e. The molecule has 1 fully saturated rings. The normalized spacial score (nSPS) is 18.4. The van der Waals surface area contributed by atoms with Gasteiger partial charge in [-0.1, -0.05) is 0 Å². The Hall–Kier alpha value is -1.69. The van der Waals surface area contributed by atoms with Gasteiger partial charge in [-0.05, 0) is 33.6 Å². The molecule has 1 saturated heterocycles. The second kappa shape index (κ2) is 7.54. The van der Waals surface area contributed by atoms with Crippen LogP contribution in [0.25, 0.3) is 0 Å². The zero-order valence-electron chi connectivity index (χ0n) is 13.9. The third-order valence-corrected chi connectivity index (χ3v) is 4.26. The third kappa shape index (κ3) is 3.74. The molecule has 0 aliphatic carbocycles. The number of aryl methyl sites for hydroxylation is 1. The van der Waals surface area contributed by atoms with Crippen LogP contribution in [0.1, 0.15) is 38.2 Å². The van der Waals surface area contributed by atoms with Crippen LogP contribution in [-0.2, 0) is 11.3 Å². The maximum Gasteiger partial charge on any atom is 0.227 e. The number of amides is 1. The molecule has 1 aromatic heterocycles. The molecule has 0 radical (unpaired) electrons. The molecule has 1 aliphatic heterocycles. The van der Waals surface area contributed by atoms with Crippen LogP contribution < -0.4 is 10.6 Å². The Morgan fingerprint density at radius 1 is 1.41 bits per heavy atom. The number of nitrogens with zero attached hydrogens (tertiary/aromatic N) is 4. The summed E-state index contributed by atoms with van der Waals surface area (Å²) in [7, 11) is 0. The lowest BCUT2D eigenvalue weighted by Gasteiger charge is -2.35. The number of rotatable bonds is 5. The number of aromatic nitrogens is 2. The minimum Gasteiger partial charge on any atom is -0.356 e. The van der Waals surface area contributed by atoms with Crippen LogP contribution in [0.5, 0.6) is 0 Å². The van der Waals surface area contributed by atoms with Crippen LogP contribution in [0, 0.1) is 12.8 Å². The van der Waals surface area contributed by atoms with Gasteiger partial charge in [-0.2, -0.15) is 0 Å². The fourth-order valence-corrected chi connectivity index (χ4v) is 3.06. The molecule has 1 atom stereocenters. The maximum atomic E-state index is 12.6. The molecule has 0 saturated carbocycles. The van der Waals surface area contributed by atoms with Crippen molar-refractivity contribution in [3.63, 3.8) is 0 Å². The number of hydrogen-bond donors (Lipinski definition) is 1. The van der Waals surface area contributed by atoms with Crippen molar-refractivity contribution in [1.29, 1.82) is 0 Å². The molecule has 0 spiro atoms. The van der Waals surface area contributed by atoms with Crippen molar-refractivity contribution in [3.8, 4) is 0 Å². The highest BCUT2D eigenvalue weighted by atomic mass is 16.2. The van der Waals surface area contributed by atoms with Crippen molar-refractivity contribution >= 4 is 11.7 Å². The van der Waals surface area contributed by atoms with Gasteiger partial charge in [0.05, 0.1) is 11.6 Å². The summed E-state index contributed by atoms with van der Waals surface area (Å²) in [6.07, 6.45) is 1.97. The lowest BCUT2D eigenvalue weighted by molar-refractivity contribution is -0.135. The summed E-state index contributed by atoms with van der Waals surface area (Å²) in [4.78, 5) is 25.5. The number of piperidine rings is 1. The van der Waals surface area contributed by atoms with E-state index >= 15 is 0 Å². The Morgan fingerprint density at radius 2 is 2.14 bits per heavy atom. The van der Waals surface area contributed by atoms with E-state index in [2.05, 4.69) is 14.9 Å². The third-order valence-electron chi connectivity index (χ3n) is 4.26. The zero-order valence-corrected chi connectivity index (χ0v) is 13.9. The summed E-state index contributed by atoms with van der Waals surface area (Å²) < 4.78 is 0. The van der Waals surface area contributed by atoms with Crippen molar-refractivity contribution < 1.29 is 4.79 Å². The average Bonchev–Trinajstić information content (AvgIpc) is 2.55. The zero-order chi connectivity index (χ0) is 16.1. The molecule has 1 amide bonds. The predicted molar refractivity (Wildman–Crippen MR) is 87.5 cm³/mol. The molecular weight excluding hydrogens is 278 g/mol. The van der Waals surface area contributed by atoms with Gasteiger partial charge in [-0.15, -0.1) is 0 Å². The Labute approximate surface area is 132 Å². The Bertz CT molecular complexity index is 515. The standard InChI is InChI=1S/C16H27N5O/c1-4-20(5-2)16(22)13-7-6-8-21(11-13)15-9-14(10-17)18-12(3)19-15/h9,13H,4-8,10-11,17H2,1-3H3/t13-/m1/s1. The van der Waals surface area contributed by atoms with Crippen molar-refractivity contribution in [2.24, 2.45) is 11.7 Å². The molecule has 2 rings (SSSR count). The fourth-order valence-electron chi connectivity index (χ4n) is 3.06. The summed E-state index contributed by atoms with van der Waals surface area (Å²) in [5, 5.41) is 0. The van der Waals surface area contributed by atoms with E-state index in [1.807, 2.05) is 31.7 Å². The van der Waals surface area contributed by atoms with Gasteiger partial charge in [0.25, 0.3) is 0 Å². The van der Waals surface area contributed by atoms with Crippen molar-refractivity contribution in [2.75, 3.05) is 31.1 Å². The van der Waals surface area contributed by atoms with E-state index in [0.29, 0.717) is 6.54 Å². The van der Waals surface area contributed by atoms with Gasteiger partial charge in [0, 0.05) is 38.8 Å². The fraction of sp³-hybridized carbons (Fsp3) is 0.688. The highest BCUT2D eigenvalue weighted by Gasteiger charge is 2.29. The van der Waals surface area contributed by atoms with Crippen LogP contribution in [0.3, 0.4) is 0 Å². The average molecular weight is 305 g/mol. The molecule has 22 heavy (non-hydrogen) atoms. The summed E-state index contributed by atoms with van der Waals surface area (Å²) in [5.41, 5.74) is 6.55.